The van der Waals surface area contributed by atoms with E-state index in [0.29, 0.717) is 12.6 Å². The van der Waals surface area contributed by atoms with Crippen LogP contribution in [0.3, 0.4) is 0 Å². The van der Waals surface area contributed by atoms with Crippen molar-refractivity contribution < 1.29 is 14.2 Å². The monoisotopic (exact) mass is 263 g/mol. The van der Waals surface area contributed by atoms with Crippen molar-refractivity contribution in [3.05, 3.63) is 29.8 Å². The molecule has 19 heavy (non-hydrogen) atoms. The number of fused-ring (bicyclic) bond motifs is 1. The number of ether oxygens (including phenoxy) is 3. The van der Waals surface area contributed by atoms with Gasteiger partial charge in [-0.15, -0.1) is 0 Å². The summed E-state index contributed by atoms with van der Waals surface area (Å²) < 4.78 is 16.9. The van der Waals surface area contributed by atoms with Crippen LogP contribution in [-0.4, -0.2) is 38.6 Å². The van der Waals surface area contributed by atoms with E-state index < -0.39 is 0 Å². The number of hydrogen-bond acceptors (Lipinski definition) is 4. The van der Waals surface area contributed by atoms with Crippen molar-refractivity contribution in [3.8, 4) is 5.75 Å². The molecule has 4 unspecified atom stereocenters. The van der Waals surface area contributed by atoms with Crippen molar-refractivity contribution in [2.24, 2.45) is 0 Å². The number of hydrogen-bond donors (Lipinski definition) is 1. The van der Waals surface area contributed by atoms with Crippen LogP contribution in [0.15, 0.2) is 24.3 Å². The summed E-state index contributed by atoms with van der Waals surface area (Å²) >= 11 is 0. The summed E-state index contributed by atoms with van der Waals surface area (Å²) in [4.78, 5) is 0. The van der Waals surface area contributed by atoms with Gasteiger partial charge in [-0.1, -0.05) is 18.2 Å². The molecule has 3 rings (SSSR count). The van der Waals surface area contributed by atoms with Gasteiger partial charge in [0, 0.05) is 25.3 Å². The van der Waals surface area contributed by atoms with E-state index in [9.17, 15) is 0 Å². The maximum atomic E-state index is 5.69. The van der Waals surface area contributed by atoms with Crippen molar-refractivity contribution in [2.75, 3.05) is 20.3 Å². The van der Waals surface area contributed by atoms with Crippen LogP contribution in [-0.2, 0) is 9.47 Å². The Morgan fingerprint density at radius 1 is 1.37 bits per heavy atom. The Kier molecular flexibility index (Phi) is 3.73. The molecular weight excluding hydrogens is 242 g/mol. The van der Waals surface area contributed by atoms with E-state index in [0.717, 1.165) is 18.8 Å². The molecule has 4 heteroatoms. The van der Waals surface area contributed by atoms with Crippen molar-refractivity contribution in [2.45, 2.75) is 37.6 Å². The van der Waals surface area contributed by atoms with Crippen LogP contribution in [0, 0.1) is 0 Å². The predicted molar refractivity (Wildman–Crippen MR) is 72.4 cm³/mol. The highest BCUT2D eigenvalue weighted by atomic mass is 16.5. The molecule has 0 saturated heterocycles. The zero-order valence-electron chi connectivity index (χ0n) is 11.5. The normalized spacial score (nSPS) is 32.5. The minimum Gasteiger partial charge on any atom is -0.491 e. The Bertz CT molecular complexity index is 437. The van der Waals surface area contributed by atoms with Gasteiger partial charge in [-0.25, -0.2) is 0 Å². The molecular formula is C15H21NO3. The first kappa shape index (κ1) is 12.9. The van der Waals surface area contributed by atoms with Gasteiger partial charge in [0.2, 0.25) is 0 Å². The quantitative estimate of drug-likeness (QED) is 0.881. The van der Waals surface area contributed by atoms with Crippen LogP contribution >= 0.6 is 0 Å². The van der Waals surface area contributed by atoms with Gasteiger partial charge in [-0.2, -0.15) is 0 Å². The van der Waals surface area contributed by atoms with Crippen LogP contribution < -0.4 is 10.1 Å². The number of para-hydroxylation sites is 1. The van der Waals surface area contributed by atoms with Crippen molar-refractivity contribution in [1.82, 2.24) is 5.32 Å². The van der Waals surface area contributed by atoms with Gasteiger partial charge in [0.15, 0.2) is 0 Å². The van der Waals surface area contributed by atoms with E-state index in [-0.39, 0.29) is 18.2 Å². The highest BCUT2D eigenvalue weighted by Gasteiger charge is 2.43. The SMILES string of the molecule is CCOC1CC(NC2COc3ccccc32)C1OC. The molecule has 0 bridgehead atoms. The first-order chi connectivity index (χ1) is 9.33. The van der Waals surface area contributed by atoms with E-state index in [1.54, 1.807) is 7.11 Å². The van der Waals surface area contributed by atoms with Crippen molar-refractivity contribution in [1.29, 1.82) is 0 Å². The standard InChI is InChI=1S/C15H21NO3/c1-3-18-14-8-11(15(14)17-2)16-12-9-19-13-7-5-4-6-10(12)13/h4-7,11-12,14-16H,3,8-9H2,1-2H3. The Hall–Kier alpha value is -1.10. The van der Waals surface area contributed by atoms with E-state index in [1.165, 1.54) is 5.56 Å². The smallest absolute Gasteiger partial charge is 0.124 e. The molecule has 1 aromatic rings. The molecule has 1 aromatic carbocycles. The van der Waals surface area contributed by atoms with Crippen LogP contribution in [0.1, 0.15) is 24.9 Å². The fraction of sp³-hybridized carbons (Fsp3) is 0.600. The average Bonchev–Trinajstić information content (AvgIpc) is 2.81. The second-order valence-electron chi connectivity index (χ2n) is 5.10. The van der Waals surface area contributed by atoms with Crippen LogP contribution in [0.25, 0.3) is 0 Å². The molecule has 1 aliphatic carbocycles. The summed E-state index contributed by atoms with van der Waals surface area (Å²) in [5, 5.41) is 3.63. The second-order valence-corrected chi connectivity index (χ2v) is 5.10. The second kappa shape index (κ2) is 5.49. The Morgan fingerprint density at radius 3 is 3.00 bits per heavy atom. The molecule has 4 atom stereocenters. The molecule has 1 heterocycles. The molecule has 4 nitrogen and oxygen atoms in total. The maximum absolute atomic E-state index is 5.69. The van der Waals surface area contributed by atoms with Gasteiger partial charge in [0.25, 0.3) is 0 Å². The fourth-order valence-electron chi connectivity index (χ4n) is 3.00. The lowest BCUT2D eigenvalue weighted by Gasteiger charge is -2.44. The molecule has 0 radical (unpaired) electrons. The molecule has 0 amide bonds. The molecule has 1 N–H and O–H groups in total. The van der Waals surface area contributed by atoms with Crippen LogP contribution in [0.2, 0.25) is 0 Å². The molecule has 0 aromatic heterocycles. The number of methoxy groups -OCH3 is 1. The third-order valence-corrected chi connectivity index (χ3v) is 4.02. The van der Waals surface area contributed by atoms with Gasteiger partial charge in [-0.3, -0.25) is 0 Å². The molecule has 1 aliphatic heterocycles. The fourth-order valence-corrected chi connectivity index (χ4v) is 3.00. The first-order valence-corrected chi connectivity index (χ1v) is 6.95. The Balaban J connectivity index is 1.62. The highest BCUT2D eigenvalue weighted by Crippen LogP contribution is 2.35. The van der Waals surface area contributed by atoms with Crippen molar-refractivity contribution >= 4 is 0 Å². The molecule has 1 saturated carbocycles. The van der Waals surface area contributed by atoms with E-state index in [4.69, 9.17) is 14.2 Å². The van der Waals surface area contributed by atoms with Gasteiger partial charge < -0.3 is 19.5 Å². The lowest BCUT2D eigenvalue weighted by molar-refractivity contribution is -0.133. The molecule has 104 valence electrons. The average molecular weight is 263 g/mol. The topological polar surface area (TPSA) is 39.7 Å². The number of rotatable bonds is 5. The third-order valence-electron chi connectivity index (χ3n) is 4.02. The lowest BCUT2D eigenvalue weighted by Crippen LogP contribution is -2.60. The van der Waals surface area contributed by atoms with Crippen LogP contribution in [0.4, 0.5) is 0 Å². The zero-order chi connectivity index (χ0) is 13.2. The summed E-state index contributed by atoms with van der Waals surface area (Å²) in [6.45, 7) is 3.47. The molecule has 0 spiro atoms. The molecule has 1 fully saturated rings. The predicted octanol–water partition coefficient (Wildman–Crippen LogP) is 1.90. The summed E-state index contributed by atoms with van der Waals surface area (Å²) in [5.74, 6) is 0.995. The van der Waals surface area contributed by atoms with Gasteiger partial charge in [0.1, 0.15) is 12.4 Å². The van der Waals surface area contributed by atoms with Gasteiger partial charge >= 0.3 is 0 Å². The molecule has 2 aliphatic rings. The van der Waals surface area contributed by atoms with Gasteiger partial charge in [-0.05, 0) is 19.4 Å². The van der Waals surface area contributed by atoms with E-state index >= 15 is 0 Å². The Labute approximate surface area is 114 Å². The minimum atomic E-state index is 0.146. The Morgan fingerprint density at radius 2 is 2.21 bits per heavy atom. The summed E-state index contributed by atoms with van der Waals surface area (Å²) in [7, 11) is 1.75. The number of nitrogens with one attached hydrogen (secondary N) is 1. The minimum absolute atomic E-state index is 0.146. The highest BCUT2D eigenvalue weighted by molar-refractivity contribution is 5.39. The van der Waals surface area contributed by atoms with Crippen LogP contribution in [0.5, 0.6) is 5.75 Å². The summed E-state index contributed by atoms with van der Waals surface area (Å²) in [6.07, 6.45) is 1.38. The largest absolute Gasteiger partial charge is 0.491 e. The number of benzene rings is 1. The van der Waals surface area contributed by atoms with Gasteiger partial charge in [0.05, 0.1) is 18.2 Å². The van der Waals surface area contributed by atoms with Crippen molar-refractivity contribution in [3.63, 3.8) is 0 Å². The van der Waals surface area contributed by atoms with E-state index in [1.807, 2.05) is 19.1 Å². The summed E-state index contributed by atoms with van der Waals surface area (Å²) in [6, 6.07) is 8.82. The van der Waals surface area contributed by atoms with E-state index in [2.05, 4.69) is 17.4 Å². The lowest BCUT2D eigenvalue weighted by atomic mass is 9.84. The first-order valence-electron chi connectivity index (χ1n) is 6.95. The summed E-state index contributed by atoms with van der Waals surface area (Å²) in [5.41, 5.74) is 1.25. The third kappa shape index (κ3) is 2.36. The maximum Gasteiger partial charge on any atom is 0.124 e. The zero-order valence-corrected chi connectivity index (χ0v) is 11.5.